The summed E-state index contributed by atoms with van der Waals surface area (Å²) in [6.07, 6.45) is 0. The first kappa shape index (κ1) is 14.6. The predicted octanol–water partition coefficient (Wildman–Crippen LogP) is 3.70. The van der Waals surface area contributed by atoms with Crippen molar-refractivity contribution in [2.45, 2.75) is 11.4 Å². The summed E-state index contributed by atoms with van der Waals surface area (Å²) in [5.74, 6) is 0.815. The Bertz CT molecular complexity index is 785. The Morgan fingerprint density at radius 3 is 2.27 bits per heavy atom. The highest BCUT2D eigenvalue weighted by Gasteiger charge is 2.03. The van der Waals surface area contributed by atoms with E-state index in [2.05, 4.69) is 17.2 Å². The maximum absolute atomic E-state index is 11.9. The zero-order chi connectivity index (χ0) is 15.2. The molecule has 0 unspecified atom stereocenters. The van der Waals surface area contributed by atoms with Gasteiger partial charge in [0.15, 0.2) is 0 Å². The maximum Gasteiger partial charge on any atom is 0.266 e. The van der Waals surface area contributed by atoms with E-state index in [0.717, 1.165) is 17.0 Å². The summed E-state index contributed by atoms with van der Waals surface area (Å²) in [7, 11) is 0. The van der Waals surface area contributed by atoms with Crippen molar-refractivity contribution >= 4 is 11.8 Å². The summed E-state index contributed by atoms with van der Waals surface area (Å²) < 4.78 is 1.54. The third-order valence-electron chi connectivity index (χ3n) is 3.25. The second-order valence-electron chi connectivity index (χ2n) is 4.81. The van der Waals surface area contributed by atoms with Gasteiger partial charge in [0.25, 0.3) is 5.56 Å². The first-order valence-corrected chi connectivity index (χ1v) is 8.13. The number of benzene rings is 2. The molecule has 0 aliphatic heterocycles. The Labute approximate surface area is 133 Å². The molecular formula is C18H16N2OS. The summed E-state index contributed by atoms with van der Waals surface area (Å²) in [4.78, 5) is 13.1. The summed E-state index contributed by atoms with van der Waals surface area (Å²) in [5, 5.41) is 4.46. The first-order chi connectivity index (χ1) is 10.8. The fourth-order valence-electron chi connectivity index (χ4n) is 2.14. The standard InChI is InChI=1S/C18H16N2OS/c21-18-12-11-17(15-7-3-1-4-8-15)19-20(18)13-14-22-16-9-5-2-6-10-16/h1-12H,13-14H2. The van der Waals surface area contributed by atoms with Crippen LogP contribution in [0.4, 0.5) is 0 Å². The van der Waals surface area contributed by atoms with Crippen molar-refractivity contribution in [1.29, 1.82) is 0 Å². The van der Waals surface area contributed by atoms with Crippen LogP contribution in [0.3, 0.4) is 0 Å². The lowest BCUT2D eigenvalue weighted by atomic mass is 10.1. The van der Waals surface area contributed by atoms with Crippen LogP contribution in [0.2, 0.25) is 0 Å². The molecule has 0 saturated carbocycles. The van der Waals surface area contributed by atoms with Crippen LogP contribution in [-0.2, 0) is 6.54 Å². The zero-order valence-corrected chi connectivity index (χ0v) is 12.9. The third kappa shape index (κ3) is 3.65. The van der Waals surface area contributed by atoms with Crippen LogP contribution in [0.15, 0.2) is 82.5 Å². The molecule has 0 aliphatic rings. The molecule has 4 heteroatoms. The Kier molecular flexibility index (Phi) is 4.71. The SMILES string of the molecule is O=c1ccc(-c2ccccc2)nn1CCSc1ccccc1. The molecule has 1 aromatic heterocycles. The van der Waals surface area contributed by atoms with E-state index in [0.29, 0.717) is 6.54 Å². The molecule has 0 bridgehead atoms. The first-order valence-electron chi connectivity index (χ1n) is 7.14. The molecule has 2 aromatic carbocycles. The van der Waals surface area contributed by atoms with Crippen LogP contribution in [0.25, 0.3) is 11.3 Å². The predicted molar refractivity (Wildman–Crippen MR) is 91.1 cm³/mol. The second kappa shape index (κ2) is 7.09. The lowest BCUT2D eigenvalue weighted by Crippen LogP contribution is -2.23. The third-order valence-corrected chi connectivity index (χ3v) is 4.24. The lowest BCUT2D eigenvalue weighted by molar-refractivity contribution is 0.625. The van der Waals surface area contributed by atoms with Crippen LogP contribution in [0.1, 0.15) is 0 Å². The zero-order valence-electron chi connectivity index (χ0n) is 12.1. The van der Waals surface area contributed by atoms with Gasteiger partial charge in [-0.2, -0.15) is 5.10 Å². The van der Waals surface area contributed by atoms with Gasteiger partial charge in [-0.1, -0.05) is 48.5 Å². The molecule has 1 heterocycles. The molecule has 0 N–H and O–H groups in total. The van der Waals surface area contributed by atoms with Crippen molar-refractivity contribution in [3.05, 3.63) is 83.2 Å². The average Bonchev–Trinajstić information content (AvgIpc) is 2.58. The maximum atomic E-state index is 11.9. The molecule has 0 amide bonds. The Balaban J connectivity index is 1.72. The number of hydrogen-bond acceptors (Lipinski definition) is 3. The van der Waals surface area contributed by atoms with E-state index in [1.54, 1.807) is 23.9 Å². The van der Waals surface area contributed by atoms with E-state index in [9.17, 15) is 4.79 Å². The van der Waals surface area contributed by atoms with Crippen molar-refractivity contribution in [2.75, 3.05) is 5.75 Å². The number of rotatable bonds is 5. The normalized spacial score (nSPS) is 10.5. The molecule has 3 aromatic rings. The van der Waals surface area contributed by atoms with E-state index in [1.165, 1.54) is 9.58 Å². The quantitative estimate of drug-likeness (QED) is 0.674. The largest absolute Gasteiger partial charge is 0.268 e. The minimum Gasteiger partial charge on any atom is -0.268 e. The Hall–Kier alpha value is -2.33. The number of hydrogen-bond donors (Lipinski definition) is 0. The average molecular weight is 308 g/mol. The van der Waals surface area contributed by atoms with Gasteiger partial charge in [0, 0.05) is 22.3 Å². The summed E-state index contributed by atoms with van der Waals surface area (Å²) in [6, 6.07) is 23.4. The van der Waals surface area contributed by atoms with Gasteiger partial charge in [0.2, 0.25) is 0 Å². The molecule has 22 heavy (non-hydrogen) atoms. The van der Waals surface area contributed by atoms with E-state index < -0.39 is 0 Å². The molecule has 0 atom stereocenters. The van der Waals surface area contributed by atoms with Gasteiger partial charge < -0.3 is 0 Å². The van der Waals surface area contributed by atoms with Crippen molar-refractivity contribution in [3.8, 4) is 11.3 Å². The highest BCUT2D eigenvalue weighted by atomic mass is 32.2. The topological polar surface area (TPSA) is 34.9 Å². The summed E-state index contributed by atoms with van der Waals surface area (Å²) in [5.41, 5.74) is 1.78. The lowest BCUT2D eigenvalue weighted by Gasteiger charge is -2.07. The summed E-state index contributed by atoms with van der Waals surface area (Å²) in [6.45, 7) is 0.596. The van der Waals surface area contributed by atoms with Crippen LogP contribution in [0.5, 0.6) is 0 Å². The molecule has 0 aliphatic carbocycles. The molecular weight excluding hydrogens is 292 g/mol. The van der Waals surface area contributed by atoms with E-state index in [-0.39, 0.29) is 5.56 Å². The van der Waals surface area contributed by atoms with Gasteiger partial charge in [-0.25, -0.2) is 4.68 Å². The van der Waals surface area contributed by atoms with Gasteiger partial charge in [-0.05, 0) is 18.2 Å². The molecule has 3 rings (SSSR count). The number of nitrogens with zero attached hydrogens (tertiary/aromatic N) is 2. The molecule has 0 spiro atoms. The van der Waals surface area contributed by atoms with Crippen molar-refractivity contribution in [2.24, 2.45) is 0 Å². The fraction of sp³-hybridized carbons (Fsp3) is 0.111. The van der Waals surface area contributed by atoms with E-state index in [4.69, 9.17) is 0 Å². The van der Waals surface area contributed by atoms with E-state index >= 15 is 0 Å². The van der Waals surface area contributed by atoms with Crippen molar-refractivity contribution in [1.82, 2.24) is 9.78 Å². The monoisotopic (exact) mass is 308 g/mol. The van der Waals surface area contributed by atoms with Gasteiger partial charge in [-0.3, -0.25) is 4.79 Å². The number of aryl methyl sites for hydroxylation is 1. The molecule has 0 radical (unpaired) electrons. The molecule has 0 saturated heterocycles. The van der Waals surface area contributed by atoms with Crippen LogP contribution in [0, 0.1) is 0 Å². The smallest absolute Gasteiger partial charge is 0.266 e. The van der Waals surface area contributed by atoms with Gasteiger partial charge in [0.1, 0.15) is 0 Å². The van der Waals surface area contributed by atoms with Crippen LogP contribution in [-0.4, -0.2) is 15.5 Å². The molecule has 3 nitrogen and oxygen atoms in total. The van der Waals surface area contributed by atoms with Crippen molar-refractivity contribution < 1.29 is 0 Å². The van der Waals surface area contributed by atoms with Gasteiger partial charge in [-0.15, -0.1) is 11.8 Å². The second-order valence-corrected chi connectivity index (χ2v) is 5.98. The number of aromatic nitrogens is 2. The molecule has 110 valence electrons. The van der Waals surface area contributed by atoms with Gasteiger partial charge >= 0.3 is 0 Å². The van der Waals surface area contributed by atoms with Gasteiger partial charge in [0.05, 0.1) is 12.2 Å². The number of thioether (sulfide) groups is 1. The molecule has 0 fully saturated rings. The Morgan fingerprint density at radius 2 is 1.55 bits per heavy atom. The van der Waals surface area contributed by atoms with Crippen LogP contribution < -0.4 is 5.56 Å². The minimum atomic E-state index is -0.0617. The highest BCUT2D eigenvalue weighted by molar-refractivity contribution is 7.99. The minimum absolute atomic E-state index is 0.0617. The fourth-order valence-corrected chi connectivity index (χ4v) is 2.99. The van der Waals surface area contributed by atoms with E-state index in [1.807, 2.05) is 48.5 Å². The highest BCUT2D eigenvalue weighted by Crippen LogP contribution is 2.17. The van der Waals surface area contributed by atoms with Crippen molar-refractivity contribution in [3.63, 3.8) is 0 Å². The Morgan fingerprint density at radius 1 is 0.864 bits per heavy atom. The van der Waals surface area contributed by atoms with Crippen LogP contribution >= 0.6 is 11.8 Å². The summed E-state index contributed by atoms with van der Waals surface area (Å²) >= 11 is 1.73.